The van der Waals surface area contributed by atoms with Crippen LogP contribution in [0.25, 0.3) is 133 Å². The molecule has 0 unspecified atom stereocenters. The summed E-state index contributed by atoms with van der Waals surface area (Å²) in [5, 5.41) is 7.30. The number of nitrogens with zero attached hydrogens (tertiary/aromatic N) is 4. The SMILES string of the molecule is c1ccc(-c2ccc(-c3nc4cccc(-n5c6ccccc6c6cc7c8c9ccccc9c(-c9ccccc9)cc8n(-c8ccccc8)c7cc65)c4nc3-c3ccc(-c4ccccc4)cc3)cc2)cc1. The molecular formula is C66H42N4. The summed E-state index contributed by atoms with van der Waals surface area (Å²) in [6.07, 6.45) is 0. The molecular weight excluding hydrogens is 849 g/mol. The van der Waals surface area contributed by atoms with E-state index in [0.717, 1.165) is 72.6 Å². The van der Waals surface area contributed by atoms with Crippen molar-refractivity contribution < 1.29 is 0 Å². The van der Waals surface area contributed by atoms with Gasteiger partial charge in [0.05, 0.1) is 44.7 Å². The van der Waals surface area contributed by atoms with Crippen LogP contribution in [0.2, 0.25) is 0 Å². The van der Waals surface area contributed by atoms with Gasteiger partial charge in [0.25, 0.3) is 0 Å². The largest absolute Gasteiger partial charge is 0.309 e. The summed E-state index contributed by atoms with van der Waals surface area (Å²) in [5.74, 6) is 0. The molecule has 14 aromatic rings. The zero-order chi connectivity index (χ0) is 46.1. The Morgan fingerprint density at radius 2 is 0.771 bits per heavy atom. The van der Waals surface area contributed by atoms with Gasteiger partial charge >= 0.3 is 0 Å². The minimum Gasteiger partial charge on any atom is -0.309 e. The third kappa shape index (κ3) is 6.38. The van der Waals surface area contributed by atoms with E-state index < -0.39 is 0 Å². The molecule has 0 aliphatic heterocycles. The van der Waals surface area contributed by atoms with Gasteiger partial charge in [0.1, 0.15) is 5.52 Å². The number of hydrogen-bond donors (Lipinski definition) is 0. The number of hydrogen-bond acceptors (Lipinski definition) is 2. The average Bonchev–Trinajstić information content (AvgIpc) is 3.94. The Kier molecular flexibility index (Phi) is 9.17. The number of aromatic nitrogens is 4. The Bertz CT molecular complexity index is 4290. The molecule has 0 N–H and O–H groups in total. The quantitative estimate of drug-likeness (QED) is 0.160. The van der Waals surface area contributed by atoms with Gasteiger partial charge in [-0.15, -0.1) is 0 Å². The average molecular weight is 891 g/mol. The van der Waals surface area contributed by atoms with Crippen molar-refractivity contribution in [1.82, 2.24) is 19.1 Å². The van der Waals surface area contributed by atoms with Crippen molar-refractivity contribution >= 4 is 65.4 Å². The first kappa shape index (κ1) is 39.8. The molecule has 0 aliphatic rings. The number of rotatable bonds is 7. The van der Waals surface area contributed by atoms with E-state index in [0.29, 0.717) is 0 Å². The summed E-state index contributed by atoms with van der Waals surface area (Å²) in [7, 11) is 0. The van der Waals surface area contributed by atoms with Crippen molar-refractivity contribution in [2.45, 2.75) is 0 Å². The smallest absolute Gasteiger partial charge is 0.113 e. The van der Waals surface area contributed by atoms with E-state index in [1.807, 2.05) is 0 Å². The predicted molar refractivity (Wildman–Crippen MR) is 293 cm³/mol. The number of benzene rings is 11. The number of para-hydroxylation sites is 3. The van der Waals surface area contributed by atoms with E-state index in [9.17, 15) is 0 Å². The van der Waals surface area contributed by atoms with Crippen LogP contribution in [0.3, 0.4) is 0 Å². The van der Waals surface area contributed by atoms with Gasteiger partial charge in [0, 0.05) is 38.4 Å². The molecule has 0 aliphatic carbocycles. The zero-order valence-electron chi connectivity index (χ0n) is 38.0. The van der Waals surface area contributed by atoms with Crippen molar-refractivity contribution in [3.8, 4) is 67.3 Å². The summed E-state index contributed by atoms with van der Waals surface area (Å²) in [6.45, 7) is 0. The lowest BCUT2D eigenvalue weighted by Crippen LogP contribution is -2.01. The highest BCUT2D eigenvalue weighted by molar-refractivity contribution is 6.27. The van der Waals surface area contributed by atoms with Crippen LogP contribution in [0.15, 0.2) is 255 Å². The lowest BCUT2D eigenvalue weighted by molar-refractivity contribution is 1.16. The van der Waals surface area contributed by atoms with E-state index in [4.69, 9.17) is 9.97 Å². The minimum atomic E-state index is 0.828. The molecule has 3 heterocycles. The van der Waals surface area contributed by atoms with Crippen LogP contribution in [0, 0.1) is 0 Å². The van der Waals surface area contributed by atoms with Crippen LogP contribution in [0.5, 0.6) is 0 Å². The van der Waals surface area contributed by atoms with Gasteiger partial charge in [-0.05, 0) is 92.7 Å². The highest BCUT2D eigenvalue weighted by atomic mass is 15.0. The molecule has 4 nitrogen and oxygen atoms in total. The zero-order valence-corrected chi connectivity index (χ0v) is 38.0. The fourth-order valence-electron chi connectivity index (χ4n) is 10.9. The van der Waals surface area contributed by atoms with Crippen LogP contribution in [0.1, 0.15) is 0 Å². The van der Waals surface area contributed by atoms with Gasteiger partial charge < -0.3 is 9.13 Å². The van der Waals surface area contributed by atoms with Crippen molar-refractivity contribution in [3.63, 3.8) is 0 Å². The molecule has 4 heteroatoms. The fourth-order valence-corrected chi connectivity index (χ4v) is 10.9. The summed E-state index contributed by atoms with van der Waals surface area (Å²) in [5.41, 5.74) is 19.0. The van der Waals surface area contributed by atoms with Crippen LogP contribution < -0.4 is 0 Å². The molecule has 3 aromatic heterocycles. The molecule has 0 spiro atoms. The van der Waals surface area contributed by atoms with E-state index in [1.54, 1.807) is 0 Å². The minimum absolute atomic E-state index is 0.828. The maximum absolute atomic E-state index is 5.72. The summed E-state index contributed by atoms with van der Waals surface area (Å²) < 4.78 is 4.87. The lowest BCUT2D eigenvalue weighted by Gasteiger charge is -2.15. The molecule has 0 fully saturated rings. The topological polar surface area (TPSA) is 35.6 Å². The van der Waals surface area contributed by atoms with Crippen molar-refractivity contribution in [3.05, 3.63) is 255 Å². The second-order valence-electron chi connectivity index (χ2n) is 18.1. The molecule has 0 saturated heterocycles. The molecule has 14 rings (SSSR count). The first-order valence-corrected chi connectivity index (χ1v) is 23.9. The predicted octanol–water partition coefficient (Wildman–Crippen LogP) is 17.3. The first-order valence-electron chi connectivity index (χ1n) is 23.9. The Labute approximate surface area is 404 Å². The van der Waals surface area contributed by atoms with Crippen LogP contribution in [-0.4, -0.2) is 19.1 Å². The van der Waals surface area contributed by atoms with Gasteiger partial charge in [-0.2, -0.15) is 0 Å². The fraction of sp³-hybridized carbons (Fsp3) is 0. The van der Waals surface area contributed by atoms with E-state index in [-0.39, 0.29) is 0 Å². The molecule has 0 saturated carbocycles. The normalized spacial score (nSPS) is 11.7. The Balaban J connectivity index is 1.04. The maximum atomic E-state index is 5.72. The highest BCUT2D eigenvalue weighted by Gasteiger charge is 2.23. The molecule has 326 valence electrons. The molecule has 70 heavy (non-hydrogen) atoms. The second kappa shape index (κ2) is 16.2. The molecule has 11 aromatic carbocycles. The van der Waals surface area contributed by atoms with Gasteiger partial charge in [-0.1, -0.05) is 206 Å². The van der Waals surface area contributed by atoms with Crippen LogP contribution in [0.4, 0.5) is 0 Å². The van der Waals surface area contributed by atoms with E-state index in [1.165, 1.54) is 60.1 Å². The van der Waals surface area contributed by atoms with Crippen LogP contribution in [-0.2, 0) is 0 Å². The van der Waals surface area contributed by atoms with E-state index >= 15 is 0 Å². The summed E-state index contributed by atoms with van der Waals surface area (Å²) in [4.78, 5) is 11.3. The molecule has 0 amide bonds. The van der Waals surface area contributed by atoms with Gasteiger partial charge in [-0.25, -0.2) is 9.97 Å². The van der Waals surface area contributed by atoms with Crippen molar-refractivity contribution in [2.75, 3.05) is 0 Å². The van der Waals surface area contributed by atoms with Crippen LogP contribution >= 0.6 is 0 Å². The van der Waals surface area contributed by atoms with Gasteiger partial charge in [-0.3, -0.25) is 0 Å². The Hall–Kier alpha value is -9.38. The standard InChI is InChI=1S/C66H42N4/c1-5-18-43(19-6-1)45-32-36-48(37-33-45)64-65(49-38-34-46(35-39-49)44-20-7-2-8-21-44)68-66-57(67-64)29-17-31-59(66)70-58-30-16-15-27-52(58)55-40-56-61(42-60(55)70)69(50-24-11-4-12-25-50)62-41-54(47-22-9-3-10-23-47)51-26-13-14-28-53(51)63(56)62/h1-42H. The lowest BCUT2D eigenvalue weighted by atomic mass is 9.94. The second-order valence-corrected chi connectivity index (χ2v) is 18.1. The van der Waals surface area contributed by atoms with Crippen molar-refractivity contribution in [2.24, 2.45) is 0 Å². The first-order chi connectivity index (χ1) is 34.7. The molecule has 0 radical (unpaired) electrons. The Morgan fingerprint density at radius 1 is 0.271 bits per heavy atom. The van der Waals surface area contributed by atoms with Gasteiger partial charge in [0.2, 0.25) is 0 Å². The van der Waals surface area contributed by atoms with Gasteiger partial charge in [0.15, 0.2) is 0 Å². The highest BCUT2D eigenvalue weighted by Crippen LogP contribution is 2.45. The number of fused-ring (bicyclic) bond motifs is 9. The molecule has 0 atom stereocenters. The monoisotopic (exact) mass is 890 g/mol. The third-order valence-corrected chi connectivity index (χ3v) is 14.1. The summed E-state index contributed by atoms with van der Waals surface area (Å²) >= 11 is 0. The molecule has 0 bridgehead atoms. The Morgan fingerprint density at radius 3 is 1.41 bits per heavy atom. The third-order valence-electron chi connectivity index (χ3n) is 14.1. The van der Waals surface area contributed by atoms with Crippen molar-refractivity contribution in [1.29, 1.82) is 0 Å². The maximum Gasteiger partial charge on any atom is 0.113 e. The summed E-state index contributed by atoms with van der Waals surface area (Å²) in [6, 6.07) is 91.5. The van der Waals surface area contributed by atoms with E-state index in [2.05, 4.69) is 264 Å².